The van der Waals surface area contributed by atoms with E-state index in [9.17, 15) is 0 Å². The molecule has 1 fully saturated rings. The summed E-state index contributed by atoms with van der Waals surface area (Å²) in [6, 6.07) is 8.74. The first-order valence-electron chi connectivity index (χ1n) is 6.64. The molecule has 3 N–H and O–H groups in total. The third-order valence-electron chi connectivity index (χ3n) is 3.67. The zero-order chi connectivity index (χ0) is 13.7. The molecule has 19 heavy (non-hydrogen) atoms. The third kappa shape index (κ3) is 3.94. The van der Waals surface area contributed by atoms with Crippen LogP contribution in [0.2, 0.25) is 0 Å². The molecule has 0 aromatic heterocycles. The highest BCUT2D eigenvalue weighted by Gasteiger charge is 2.23. The van der Waals surface area contributed by atoms with E-state index < -0.39 is 0 Å². The second-order valence-electron chi connectivity index (χ2n) is 5.03. The molecule has 4 nitrogen and oxygen atoms in total. The van der Waals surface area contributed by atoms with Gasteiger partial charge in [-0.3, -0.25) is 4.90 Å². The van der Waals surface area contributed by atoms with Crippen LogP contribution < -0.4 is 5.73 Å². The summed E-state index contributed by atoms with van der Waals surface area (Å²) in [6.07, 6.45) is 4.94. The van der Waals surface area contributed by atoms with Crippen LogP contribution in [-0.2, 0) is 6.54 Å². The lowest BCUT2D eigenvalue weighted by molar-refractivity contribution is 0.213. The summed E-state index contributed by atoms with van der Waals surface area (Å²) in [7, 11) is 0. The van der Waals surface area contributed by atoms with Crippen molar-refractivity contribution in [2.24, 2.45) is 10.9 Å². The molecule has 0 atom stereocenters. The molecule has 0 heterocycles. The van der Waals surface area contributed by atoms with Gasteiger partial charge in [-0.05, 0) is 24.5 Å². The maximum absolute atomic E-state index is 8.77. The molecule has 0 radical (unpaired) electrons. The van der Waals surface area contributed by atoms with Crippen LogP contribution in [0, 0.1) is 0 Å². The molecule has 5 heteroatoms. The van der Waals surface area contributed by atoms with Gasteiger partial charge in [-0.25, -0.2) is 0 Å². The normalized spacial score (nSPS) is 17.3. The topological polar surface area (TPSA) is 61.8 Å². The maximum atomic E-state index is 8.77. The van der Waals surface area contributed by atoms with Crippen molar-refractivity contribution in [1.82, 2.24) is 4.90 Å². The molecular weight excluding hydrogens is 306 g/mol. The predicted molar refractivity (Wildman–Crippen MR) is 80.2 cm³/mol. The molecule has 0 unspecified atom stereocenters. The van der Waals surface area contributed by atoms with Gasteiger partial charge in [0.25, 0.3) is 0 Å². The summed E-state index contributed by atoms with van der Waals surface area (Å²) < 4.78 is 1.11. The number of oxime groups is 1. The van der Waals surface area contributed by atoms with Crippen LogP contribution in [-0.4, -0.2) is 28.5 Å². The summed E-state index contributed by atoms with van der Waals surface area (Å²) in [5.74, 6) is 0.277. The van der Waals surface area contributed by atoms with Crippen molar-refractivity contribution in [1.29, 1.82) is 0 Å². The fourth-order valence-electron chi connectivity index (χ4n) is 2.67. The lowest BCUT2D eigenvalue weighted by atomic mass is 10.1. The van der Waals surface area contributed by atoms with Crippen LogP contribution in [0.15, 0.2) is 33.9 Å². The fourth-order valence-corrected chi connectivity index (χ4v) is 3.08. The van der Waals surface area contributed by atoms with Crippen LogP contribution in [0.25, 0.3) is 0 Å². The van der Waals surface area contributed by atoms with E-state index in [1.165, 1.54) is 31.2 Å². The van der Waals surface area contributed by atoms with E-state index >= 15 is 0 Å². The lowest BCUT2D eigenvalue weighted by Gasteiger charge is -2.28. The molecule has 1 aromatic rings. The Labute approximate surface area is 122 Å². The average Bonchev–Trinajstić information content (AvgIpc) is 2.94. The molecule has 1 aromatic carbocycles. The number of hydrogen-bond acceptors (Lipinski definition) is 3. The van der Waals surface area contributed by atoms with E-state index in [4.69, 9.17) is 10.9 Å². The Morgan fingerprint density at radius 2 is 2.05 bits per heavy atom. The van der Waals surface area contributed by atoms with Gasteiger partial charge >= 0.3 is 0 Å². The lowest BCUT2D eigenvalue weighted by Crippen LogP contribution is -2.39. The Morgan fingerprint density at radius 1 is 1.37 bits per heavy atom. The smallest absolute Gasteiger partial charge is 0.153 e. The molecule has 1 saturated carbocycles. The number of nitrogens with two attached hydrogens (primary N) is 1. The van der Waals surface area contributed by atoms with Gasteiger partial charge in [-0.15, -0.1) is 0 Å². The molecule has 104 valence electrons. The molecule has 1 aliphatic carbocycles. The minimum atomic E-state index is 0.277. The molecule has 1 aliphatic rings. The maximum Gasteiger partial charge on any atom is 0.153 e. The number of amidine groups is 1. The monoisotopic (exact) mass is 325 g/mol. The Bertz CT molecular complexity index is 444. The van der Waals surface area contributed by atoms with E-state index in [2.05, 4.69) is 32.1 Å². The largest absolute Gasteiger partial charge is 0.409 e. The molecule has 0 saturated heterocycles. The van der Waals surface area contributed by atoms with Crippen LogP contribution in [0.4, 0.5) is 0 Å². The highest BCUT2D eigenvalue weighted by molar-refractivity contribution is 9.10. The second kappa shape index (κ2) is 6.91. The Hall–Kier alpha value is -1.07. The molecule has 0 spiro atoms. The van der Waals surface area contributed by atoms with Crippen molar-refractivity contribution in [2.45, 2.75) is 38.3 Å². The van der Waals surface area contributed by atoms with Crippen LogP contribution in [0.5, 0.6) is 0 Å². The van der Waals surface area contributed by atoms with Gasteiger partial charge in [0.2, 0.25) is 0 Å². The minimum Gasteiger partial charge on any atom is -0.409 e. The SMILES string of the molecule is NC(CN(Cc1ccccc1Br)C1CCCC1)=NO. The van der Waals surface area contributed by atoms with Gasteiger partial charge < -0.3 is 10.9 Å². The number of rotatable bonds is 5. The molecule has 0 bridgehead atoms. The number of halogens is 1. The zero-order valence-corrected chi connectivity index (χ0v) is 12.5. The highest BCUT2D eigenvalue weighted by Crippen LogP contribution is 2.26. The predicted octanol–water partition coefficient (Wildman–Crippen LogP) is 2.94. The van der Waals surface area contributed by atoms with Gasteiger partial charge in [0, 0.05) is 17.1 Å². The molecule has 0 aliphatic heterocycles. The summed E-state index contributed by atoms with van der Waals surface area (Å²) in [5, 5.41) is 11.9. The summed E-state index contributed by atoms with van der Waals surface area (Å²) >= 11 is 3.58. The van der Waals surface area contributed by atoms with Gasteiger partial charge in [-0.2, -0.15) is 0 Å². The zero-order valence-electron chi connectivity index (χ0n) is 10.9. The first kappa shape index (κ1) is 14.3. The van der Waals surface area contributed by atoms with Crippen molar-refractivity contribution < 1.29 is 5.21 Å². The standard InChI is InChI=1S/C14H20BrN3O/c15-13-8-4-1-5-11(13)9-18(10-14(16)17-19)12-6-2-3-7-12/h1,4-5,8,12,19H,2-3,6-7,9-10H2,(H2,16,17). The number of benzene rings is 1. The highest BCUT2D eigenvalue weighted by atomic mass is 79.9. The van der Waals surface area contributed by atoms with Gasteiger partial charge in [0.1, 0.15) is 0 Å². The Balaban J connectivity index is 2.10. The molecule has 0 amide bonds. The van der Waals surface area contributed by atoms with E-state index in [0.29, 0.717) is 12.6 Å². The van der Waals surface area contributed by atoms with Crippen molar-refractivity contribution in [3.05, 3.63) is 34.3 Å². The summed E-state index contributed by atoms with van der Waals surface area (Å²) in [5.41, 5.74) is 6.92. The number of nitrogens with zero attached hydrogens (tertiary/aromatic N) is 2. The fraction of sp³-hybridized carbons (Fsp3) is 0.500. The quantitative estimate of drug-likeness (QED) is 0.378. The van der Waals surface area contributed by atoms with Gasteiger partial charge in [0.05, 0.1) is 6.54 Å². The van der Waals surface area contributed by atoms with Crippen molar-refractivity contribution in [3.63, 3.8) is 0 Å². The second-order valence-corrected chi connectivity index (χ2v) is 5.88. The minimum absolute atomic E-state index is 0.277. The van der Waals surface area contributed by atoms with E-state index in [0.717, 1.165) is 11.0 Å². The van der Waals surface area contributed by atoms with Crippen LogP contribution >= 0.6 is 15.9 Å². The van der Waals surface area contributed by atoms with Gasteiger partial charge in [0.15, 0.2) is 5.84 Å². The summed E-state index contributed by atoms with van der Waals surface area (Å²) in [4.78, 5) is 2.31. The van der Waals surface area contributed by atoms with E-state index in [1.807, 2.05) is 18.2 Å². The first-order chi connectivity index (χ1) is 9.20. The van der Waals surface area contributed by atoms with E-state index in [-0.39, 0.29) is 5.84 Å². The molecular formula is C14H20BrN3O. The first-order valence-corrected chi connectivity index (χ1v) is 7.44. The Kier molecular flexibility index (Phi) is 5.22. The average molecular weight is 326 g/mol. The van der Waals surface area contributed by atoms with Crippen LogP contribution in [0.1, 0.15) is 31.2 Å². The molecule has 2 rings (SSSR count). The third-order valence-corrected chi connectivity index (χ3v) is 4.44. The van der Waals surface area contributed by atoms with Crippen molar-refractivity contribution in [3.8, 4) is 0 Å². The van der Waals surface area contributed by atoms with E-state index in [1.54, 1.807) is 0 Å². The summed E-state index contributed by atoms with van der Waals surface area (Å²) in [6.45, 7) is 1.34. The van der Waals surface area contributed by atoms with Crippen LogP contribution in [0.3, 0.4) is 0 Å². The van der Waals surface area contributed by atoms with Gasteiger partial charge in [-0.1, -0.05) is 52.1 Å². The number of hydrogen-bond donors (Lipinski definition) is 2. The Morgan fingerprint density at radius 3 is 2.68 bits per heavy atom. The van der Waals surface area contributed by atoms with Crippen molar-refractivity contribution >= 4 is 21.8 Å². The van der Waals surface area contributed by atoms with Crippen molar-refractivity contribution in [2.75, 3.05) is 6.54 Å².